The number of hydrogen-bond donors (Lipinski definition) is 1. The summed E-state index contributed by atoms with van der Waals surface area (Å²) in [5.74, 6) is 1.55. The first kappa shape index (κ1) is 14.4. The second kappa shape index (κ2) is 6.08. The molecule has 2 nitrogen and oxygen atoms in total. The first-order valence-corrected chi connectivity index (χ1v) is 8.89. The maximum Gasteiger partial charge on any atom is 0.0545 e. The van der Waals surface area contributed by atoms with Crippen LogP contribution in [0, 0.1) is 11.8 Å². The molecule has 0 aliphatic heterocycles. The Balaban J connectivity index is 1.58. The van der Waals surface area contributed by atoms with Crippen LogP contribution in [0.1, 0.15) is 31.2 Å². The molecule has 2 aliphatic carbocycles. The van der Waals surface area contributed by atoms with Crippen LogP contribution in [-0.2, 0) is 6.54 Å². The van der Waals surface area contributed by atoms with Crippen molar-refractivity contribution in [2.24, 2.45) is 11.8 Å². The molecular weight excluding hydrogens is 266 g/mol. The number of nitrogens with zero attached hydrogens (tertiary/aromatic N) is 1. The van der Waals surface area contributed by atoms with Gasteiger partial charge in [-0.2, -0.15) is 0 Å². The second-order valence-electron chi connectivity index (χ2n) is 6.54. The van der Waals surface area contributed by atoms with Crippen LogP contribution in [0.2, 0.25) is 0 Å². The normalized spacial score (nSPS) is 32.8. The Labute approximate surface area is 126 Å². The van der Waals surface area contributed by atoms with E-state index < -0.39 is 0 Å². The van der Waals surface area contributed by atoms with E-state index in [1.165, 1.54) is 23.3 Å². The lowest BCUT2D eigenvalue weighted by Gasteiger charge is -2.25. The molecule has 0 heterocycles. The molecular formula is C17H25NOS. The van der Waals surface area contributed by atoms with Crippen molar-refractivity contribution in [2.45, 2.75) is 49.3 Å². The molecule has 20 heavy (non-hydrogen) atoms. The van der Waals surface area contributed by atoms with Gasteiger partial charge in [-0.05, 0) is 68.5 Å². The average molecular weight is 291 g/mol. The monoisotopic (exact) mass is 291 g/mol. The minimum Gasteiger partial charge on any atom is -0.393 e. The van der Waals surface area contributed by atoms with E-state index in [4.69, 9.17) is 0 Å². The summed E-state index contributed by atoms with van der Waals surface area (Å²) >= 11 is 1.81. The Hall–Kier alpha value is -0.510. The standard InChI is InChI=1S/C17H25NOS/c1-18(11-12-4-3-5-17(6-12)20-2)15-7-13-9-16(19)10-14(13)8-15/h3-6,13-16,19H,7-11H2,1-2H3/t13-,14+,15?,16?. The van der Waals surface area contributed by atoms with Gasteiger partial charge >= 0.3 is 0 Å². The molecule has 3 rings (SSSR count). The molecule has 0 amide bonds. The summed E-state index contributed by atoms with van der Waals surface area (Å²) in [6.07, 6.45) is 6.75. The zero-order valence-corrected chi connectivity index (χ0v) is 13.3. The second-order valence-corrected chi connectivity index (χ2v) is 7.42. The summed E-state index contributed by atoms with van der Waals surface area (Å²) in [7, 11) is 2.26. The van der Waals surface area contributed by atoms with Crippen molar-refractivity contribution in [1.29, 1.82) is 0 Å². The topological polar surface area (TPSA) is 23.5 Å². The van der Waals surface area contributed by atoms with Crippen molar-refractivity contribution in [3.8, 4) is 0 Å². The summed E-state index contributed by atoms with van der Waals surface area (Å²) in [4.78, 5) is 3.87. The number of hydrogen-bond acceptors (Lipinski definition) is 3. The highest BCUT2D eigenvalue weighted by Gasteiger charge is 2.42. The molecule has 2 saturated carbocycles. The van der Waals surface area contributed by atoms with Crippen LogP contribution in [-0.4, -0.2) is 35.5 Å². The molecule has 3 heteroatoms. The van der Waals surface area contributed by atoms with E-state index in [9.17, 15) is 5.11 Å². The van der Waals surface area contributed by atoms with Gasteiger partial charge in [0.1, 0.15) is 0 Å². The Bertz CT molecular complexity index is 450. The van der Waals surface area contributed by atoms with E-state index in [0.717, 1.165) is 31.2 Å². The lowest BCUT2D eigenvalue weighted by Crippen LogP contribution is -2.29. The number of aliphatic hydroxyl groups is 1. The van der Waals surface area contributed by atoms with Crippen molar-refractivity contribution < 1.29 is 5.11 Å². The zero-order valence-electron chi connectivity index (χ0n) is 12.5. The van der Waals surface area contributed by atoms with Gasteiger partial charge in [-0.1, -0.05) is 12.1 Å². The fraction of sp³-hybridized carbons (Fsp3) is 0.647. The minimum absolute atomic E-state index is 0.0190. The van der Waals surface area contributed by atoms with E-state index in [-0.39, 0.29) is 6.10 Å². The number of rotatable bonds is 4. The van der Waals surface area contributed by atoms with Gasteiger partial charge in [0.25, 0.3) is 0 Å². The largest absolute Gasteiger partial charge is 0.393 e. The molecule has 0 radical (unpaired) electrons. The first-order valence-electron chi connectivity index (χ1n) is 7.67. The average Bonchev–Trinajstić information content (AvgIpc) is 2.96. The summed E-state index contributed by atoms with van der Waals surface area (Å²) in [5.41, 5.74) is 1.41. The number of thioether (sulfide) groups is 1. The van der Waals surface area contributed by atoms with Crippen LogP contribution in [0.15, 0.2) is 29.2 Å². The highest BCUT2D eigenvalue weighted by atomic mass is 32.2. The van der Waals surface area contributed by atoms with Crippen LogP contribution in [0.25, 0.3) is 0 Å². The molecule has 0 spiro atoms. The van der Waals surface area contributed by atoms with Gasteiger partial charge in [-0.25, -0.2) is 0 Å². The molecule has 1 aromatic rings. The molecule has 2 fully saturated rings. The third-order valence-electron chi connectivity index (χ3n) is 5.16. The van der Waals surface area contributed by atoms with E-state index in [2.05, 4.69) is 42.5 Å². The maximum atomic E-state index is 9.74. The molecule has 2 aliphatic rings. The Morgan fingerprint density at radius 3 is 2.55 bits per heavy atom. The van der Waals surface area contributed by atoms with Gasteiger partial charge < -0.3 is 5.11 Å². The lowest BCUT2D eigenvalue weighted by molar-refractivity contribution is 0.158. The van der Waals surface area contributed by atoms with Crippen molar-refractivity contribution in [2.75, 3.05) is 13.3 Å². The van der Waals surface area contributed by atoms with Crippen molar-refractivity contribution in [1.82, 2.24) is 4.90 Å². The van der Waals surface area contributed by atoms with Gasteiger partial charge in [0.2, 0.25) is 0 Å². The summed E-state index contributed by atoms with van der Waals surface area (Å²) in [6.45, 7) is 1.04. The Morgan fingerprint density at radius 1 is 1.20 bits per heavy atom. The van der Waals surface area contributed by atoms with Crippen LogP contribution < -0.4 is 0 Å². The van der Waals surface area contributed by atoms with E-state index in [1.807, 2.05) is 11.8 Å². The SMILES string of the molecule is CSc1cccc(CN(C)C2C[C@H]3CC(O)C[C@H]3C2)c1. The maximum absolute atomic E-state index is 9.74. The van der Waals surface area contributed by atoms with Crippen molar-refractivity contribution in [3.63, 3.8) is 0 Å². The predicted octanol–water partition coefficient (Wildman–Crippen LogP) is 3.39. The number of fused-ring (bicyclic) bond motifs is 1. The smallest absolute Gasteiger partial charge is 0.0545 e. The van der Waals surface area contributed by atoms with Crippen LogP contribution in [0.3, 0.4) is 0 Å². The zero-order chi connectivity index (χ0) is 14.1. The van der Waals surface area contributed by atoms with Crippen LogP contribution in [0.5, 0.6) is 0 Å². The lowest BCUT2D eigenvalue weighted by atomic mass is 10.0. The third-order valence-corrected chi connectivity index (χ3v) is 5.88. The molecule has 1 aromatic carbocycles. The quantitative estimate of drug-likeness (QED) is 0.860. The highest BCUT2D eigenvalue weighted by molar-refractivity contribution is 7.98. The van der Waals surface area contributed by atoms with E-state index in [0.29, 0.717) is 6.04 Å². The Kier molecular flexibility index (Phi) is 4.39. The number of benzene rings is 1. The van der Waals surface area contributed by atoms with Crippen molar-refractivity contribution >= 4 is 11.8 Å². The van der Waals surface area contributed by atoms with Gasteiger partial charge in [-0.15, -0.1) is 11.8 Å². The summed E-state index contributed by atoms with van der Waals surface area (Å²) < 4.78 is 0. The van der Waals surface area contributed by atoms with Gasteiger partial charge in [0, 0.05) is 17.5 Å². The molecule has 0 bridgehead atoms. The van der Waals surface area contributed by atoms with Gasteiger partial charge in [-0.3, -0.25) is 4.90 Å². The molecule has 1 N–H and O–H groups in total. The molecule has 2 unspecified atom stereocenters. The molecule has 4 atom stereocenters. The summed E-state index contributed by atoms with van der Waals surface area (Å²) in [5, 5.41) is 9.74. The van der Waals surface area contributed by atoms with Gasteiger partial charge in [0.05, 0.1) is 6.10 Å². The van der Waals surface area contributed by atoms with Gasteiger partial charge in [0.15, 0.2) is 0 Å². The highest BCUT2D eigenvalue weighted by Crippen LogP contribution is 2.45. The van der Waals surface area contributed by atoms with Crippen LogP contribution in [0.4, 0.5) is 0 Å². The van der Waals surface area contributed by atoms with Crippen molar-refractivity contribution in [3.05, 3.63) is 29.8 Å². The van der Waals surface area contributed by atoms with Crippen LogP contribution >= 0.6 is 11.8 Å². The minimum atomic E-state index is -0.0190. The molecule has 110 valence electrons. The fourth-order valence-electron chi connectivity index (χ4n) is 4.10. The summed E-state index contributed by atoms with van der Waals surface area (Å²) in [6, 6.07) is 9.58. The first-order chi connectivity index (χ1) is 9.65. The molecule has 0 aromatic heterocycles. The van der Waals surface area contributed by atoms with E-state index in [1.54, 1.807) is 0 Å². The predicted molar refractivity (Wildman–Crippen MR) is 84.9 cm³/mol. The van der Waals surface area contributed by atoms with E-state index >= 15 is 0 Å². The third kappa shape index (κ3) is 3.05. The number of aliphatic hydroxyl groups excluding tert-OH is 1. The Morgan fingerprint density at radius 2 is 1.90 bits per heavy atom. The fourth-order valence-corrected chi connectivity index (χ4v) is 4.58. The molecule has 0 saturated heterocycles.